The van der Waals surface area contributed by atoms with Gasteiger partial charge in [-0.15, -0.1) is 0 Å². The summed E-state index contributed by atoms with van der Waals surface area (Å²) in [5, 5.41) is 3.28. The van der Waals surface area contributed by atoms with E-state index in [9.17, 15) is 0 Å². The smallest absolute Gasteiger partial charge is 0.123 e. The molecule has 0 aliphatic carbocycles. The van der Waals surface area contributed by atoms with Crippen LogP contribution in [0, 0.1) is 0 Å². The molecule has 0 saturated carbocycles. The van der Waals surface area contributed by atoms with Crippen molar-refractivity contribution in [3.05, 3.63) is 28.2 Å². The quantitative estimate of drug-likeness (QED) is 0.807. The van der Waals surface area contributed by atoms with Crippen LogP contribution in [-0.4, -0.2) is 27.4 Å². The number of ether oxygens (including phenoxy) is 2. The van der Waals surface area contributed by atoms with Crippen molar-refractivity contribution in [3.63, 3.8) is 0 Å². The Bertz CT molecular complexity index is 305. The van der Waals surface area contributed by atoms with E-state index in [0.717, 1.165) is 35.5 Å². The minimum Gasteiger partial charge on any atom is -0.496 e. The third kappa shape index (κ3) is 4.20. The van der Waals surface area contributed by atoms with E-state index in [-0.39, 0.29) is 0 Å². The Hall–Kier alpha value is -0.580. The molecule has 0 unspecified atom stereocenters. The Morgan fingerprint density at radius 2 is 2.13 bits per heavy atom. The summed E-state index contributed by atoms with van der Waals surface area (Å²) in [4.78, 5) is 0. The first-order valence-corrected chi connectivity index (χ1v) is 5.59. The minimum absolute atomic E-state index is 0.719. The maximum atomic E-state index is 5.27. The summed E-state index contributed by atoms with van der Waals surface area (Å²) in [7, 11) is 3.38. The summed E-state index contributed by atoms with van der Waals surface area (Å²) in [5.41, 5.74) is 1.14. The molecule has 0 bridgehead atoms. The fraction of sp³-hybridized carbons (Fsp3) is 0.455. The van der Waals surface area contributed by atoms with Crippen LogP contribution >= 0.6 is 15.9 Å². The Kier molecular flexibility index (Phi) is 5.68. The van der Waals surface area contributed by atoms with Gasteiger partial charge < -0.3 is 14.8 Å². The lowest BCUT2D eigenvalue weighted by molar-refractivity contribution is 0.199. The van der Waals surface area contributed by atoms with Crippen molar-refractivity contribution in [2.75, 3.05) is 27.4 Å². The molecule has 3 nitrogen and oxygen atoms in total. The third-order valence-electron chi connectivity index (χ3n) is 2.04. The zero-order valence-corrected chi connectivity index (χ0v) is 10.6. The van der Waals surface area contributed by atoms with Gasteiger partial charge in [0, 0.05) is 30.2 Å². The first-order chi connectivity index (χ1) is 7.27. The summed E-state index contributed by atoms with van der Waals surface area (Å²) >= 11 is 3.44. The van der Waals surface area contributed by atoms with Crippen LogP contribution in [0.1, 0.15) is 5.56 Å². The molecule has 1 N–H and O–H groups in total. The molecule has 0 spiro atoms. The Balaban J connectivity index is 2.54. The van der Waals surface area contributed by atoms with Crippen molar-refractivity contribution in [1.29, 1.82) is 0 Å². The van der Waals surface area contributed by atoms with Crippen molar-refractivity contribution < 1.29 is 9.47 Å². The number of rotatable bonds is 6. The second kappa shape index (κ2) is 6.82. The minimum atomic E-state index is 0.719. The summed E-state index contributed by atoms with van der Waals surface area (Å²) in [6.07, 6.45) is 0. The van der Waals surface area contributed by atoms with Crippen molar-refractivity contribution in [3.8, 4) is 5.75 Å². The van der Waals surface area contributed by atoms with E-state index in [4.69, 9.17) is 9.47 Å². The fourth-order valence-electron chi connectivity index (χ4n) is 1.28. The molecule has 0 heterocycles. The summed E-state index contributed by atoms with van der Waals surface area (Å²) in [6.45, 7) is 2.34. The highest BCUT2D eigenvalue weighted by Crippen LogP contribution is 2.22. The van der Waals surface area contributed by atoms with E-state index in [1.807, 2.05) is 12.1 Å². The molecule has 1 rings (SSSR count). The highest BCUT2D eigenvalue weighted by Gasteiger charge is 2.02. The van der Waals surface area contributed by atoms with Crippen LogP contribution in [-0.2, 0) is 11.3 Å². The fourth-order valence-corrected chi connectivity index (χ4v) is 1.69. The van der Waals surface area contributed by atoms with E-state index in [1.54, 1.807) is 14.2 Å². The summed E-state index contributed by atoms with van der Waals surface area (Å²) in [6, 6.07) is 5.98. The summed E-state index contributed by atoms with van der Waals surface area (Å²) < 4.78 is 11.3. The molecular weight excluding hydrogens is 258 g/mol. The number of nitrogens with one attached hydrogen (secondary N) is 1. The number of hydrogen-bond acceptors (Lipinski definition) is 3. The van der Waals surface area contributed by atoms with E-state index >= 15 is 0 Å². The van der Waals surface area contributed by atoms with Gasteiger partial charge in [-0.25, -0.2) is 0 Å². The molecule has 0 aliphatic heterocycles. The van der Waals surface area contributed by atoms with Gasteiger partial charge in [-0.05, 0) is 18.2 Å². The maximum absolute atomic E-state index is 5.27. The molecular formula is C11H16BrNO2. The number of halogens is 1. The normalized spacial score (nSPS) is 10.3. The molecule has 0 saturated heterocycles. The first-order valence-electron chi connectivity index (χ1n) is 4.80. The lowest BCUT2D eigenvalue weighted by Gasteiger charge is -2.09. The second-order valence-corrected chi connectivity index (χ2v) is 4.04. The molecule has 1 aromatic carbocycles. The first kappa shape index (κ1) is 12.5. The zero-order chi connectivity index (χ0) is 11.1. The van der Waals surface area contributed by atoms with Gasteiger partial charge in [0.2, 0.25) is 0 Å². The van der Waals surface area contributed by atoms with Crippen LogP contribution < -0.4 is 10.1 Å². The van der Waals surface area contributed by atoms with Crippen molar-refractivity contribution in [2.24, 2.45) is 0 Å². The molecule has 84 valence electrons. The van der Waals surface area contributed by atoms with Gasteiger partial charge in [-0.2, -0.15) is 0 Å². The standard InChI is InChI=1S/C11H16BrNO2/c1-14-6-5-13-8-9-7-10(12)3-4-11(9)15-2/h3-4,7,13H,5-6,8H2,1-2H3. The topological polar surface area (TPSA) is 30.5 Å². The van der Waals surface area contributed by atoms with Crippen molar-refractivity contribution >= 4 is 15.9 Å². The lowest BCUT2D eigenvalue weighted by atomic mass is 10.2. The third-order valence-corrected chi connectivity index (χ3v) is 2.53. The van der Waals surface area contributed by atoms with Gasteiger partial charge in [0.25, 0.3) is 0 Å². The van der Waals surface area contributed by atoms with Crippen molar-refractivity contribution in [2.45, 2.75) is 6.54 Å². The molecule has 15 heavy (non-hydrogen) atoms. The zero-order valence-electron chi connectivity index (χ0n) is 9.05. The highest BCUT2D eigenvalue weighted by molar-refractivity contribution is 9.10. The average molecular weight is 274 g/mol. The Labute approximate surface area is 98.9 Å². The van der Waals surface area contributed by atoms with E-state index in [0.29, 0.717) is 0 Å². The van der Waals surface area contributed by atoms with Gasteiger partial charge >= 0.3 is 0 Å². The molecule has 1 aromatic rings. The van der Waals surface area contributed by atoms with E-state index in [2.05, 4.69) is 27.3 Å². The van der Waals surface area contributed by atoms with Crippen LogP contribution in [0.4, 0.5) is 0 Å². The van der Waals surface area contributed by atoms with E-state index in [1.165, 1.54) is 0 Å². The molecule has 0 atom stereocenters. The van der Waals surface area contributed by atoms with Crippen LogP contribution in [0.3, 0.4) is 0 Å². The molecule has 0 amide bonds. The van der Waals surface area contributed by atoms with Crippen LogP contribution in [0.15, 0.2) is 22.7 Å². The predicted octanol–water partition coefficient (Wildman–Crippen LogP) is 2.19. The van der Waals surface area contributed by atoms with Gasteiger partial charge in [-0.1, -0.05) is 15.9 Å². The van der Waals surface area contributed by atoms with Gasteiger partial charge in [0.15, 0.2) is 0 Å². The van der Waals surface area contributed by atoms with E-state index < -0.39 is 0 Å². The lowest BCUT2D eigenvalue weighted by Crippen LogP contribution is -2.18. The monoisotopic (exact) mass is 273 g/mol. The maximum Gasteiger partial charge on any atom is 0.123 e. The number of methoxy groups -OCH3 is 2. The van der Waals surface area contributed by atoms with Gasteiger partial charge in [-0.3, -0.25) is 0 Å². The van der Waals surface area contributed by atoms with Crippen LogP contribution in [0.5, 0.6) is 5.75 Å². The predicted molar refractivity (Wildman–Crippen MR) is 64.3 cm³/mol. The van der Waals surface area contributed by atoms with Crippen LogP contribution in [0.25, 0.3) is 0 Å². The number of benzene rings is 1. The second-order valence-electron chi connectivity index (χ2n) is 3.13. The summed E-state index contributed by atoms with van der Waals surface area (Å²) in [5.74, 6) is 0.906. The molecule has 0 aromatic heterocycles. The van der Waals surface area contributed by atoms with Gasteiger partial charge in [0.1, 0.15) is 5.75 Å². The van der Waals surface area contributed by atoms with Crippen molar-refractivity contribution in [1.82, 2.24) is 5.32 Å². The highest BCUT2D eigenvalue weighted by atomic mass is 79.9. The molecule has 0 radical (unpaired) electrons. The Morgan fingerprint density at radius 3 is 2.80 bits per heavy atom. The Morgan fingerprint density at radius 1 is 1.33 bits per heavy atom. The van der Waals surface area contributed by atoms with Crippen LogP contribution in [0.2, 0.25) is 0 Å². The molecule has 0 fully saturated rings. The number of hydrogen-bond donors (Lipinski definition) is 1. The SMILES string of the molecule is COCCNCc1cc(Br)ccc1OC. The molecule has 4 heteroatoms. The average Bonchev–Trinajstić information content (AvgIpc) is 2.25. The van der Waals surface area contributed by atoms with Gasteiger partial charge in [0.05, 0.1) is 13.7 Å². The molecule has 0 aliphatic rings. The largest absolute Gasteiger partial charge is 0.496 e.